The van der Waals surface area contributed by atoms with Crippen LogP contribution in [0.15, 0.2) is 83.7 Å². The second-order valence-electron chi connectivity index (χ2n) is 13.5. The van der Waals surface area contributed by atoms with Crippen LogP contribution in [-0.4, -0.2) is 49.2 Å². The van der Waals surface area contributed by atoms with E-state index < -0.39 is 18.1 Å². The number of hydrogen-bond donors (Lipinski definition) is 4. The molecule has 0 spiro atoms. The number of benzene rings is 3. The summed E-state index contributed by atoms with van der Waals surface area (Å²) in [4.78, 5) is 49.2. The number of nitrogens with one attached hydrogen (secondary N) is 4. The third kappa shape index (κ3) is 7.84. The van der Waals surface area contributed by atoms with Gasteiger partial charge in [0.15, 0.2) is 11.5 Å². The maximum absolute atomic E-state index is 14.4. The lowest BCUT2D eigenvalue weighted by Crippen LogP contribution is -2.46. The Labute approximate surface area is 309 Å². The van der Waals surface area contributed by atoms with Crippen molar-refractivity contribution in [3.05, 3.63) is 112 Å². The maximum Gasteiger partial charge on any atom is 0.243 e. The van der Waals surface area contributed by atoms with Crippen molar-refractivity contribution in [1.29, 1.82) is 0 Å². The highest BCUT2D eigenvalue weighted by atomic mass is 16.5. The summed E-state index contributed by atoms with van der Waals surface area (Å²) in [7, 11) is 4.68. The van der Waals surface area contributed by atoms with Crippen molar-refractivity contribution in [2.75, 3.05) is 26.6 Å². The lowest BCUT2D eigenvalue weighted by Gasteiger charge is -2.26. The van der Waals surface area contributed by atoms with Crippen molar-refractivity contribution < 1.29 is 23.8 Å². The molecule has 6 rings (SSSR count). The molecule has 2 amide bonds. The molecule has 11 nitrogen and oxygen atoms in total. The van der Waals surface area contributed by atoms with Gasteiger partial charge in [-0.25, -0.2) is 4.98 Å². The lowest BCUT2D eigenvalue weighted by atomic mass is 9.95. The van der Waals surface area contributed by atoms with Crippen molar-refractivity contribution in [2.24, 2.45) is 5.92 Å². The molecule has 0 bridgehead atoms. The Morgan fingerprint density at radius 3 is 2.36 bits per heavy atom. The molecule has 53 heavy (non-hydrogen) atoms. The van der Waals surface area contributed by atoms with Crippen molar-refractivity contribution in [3.8, 4) is 28.4 Å². The average molecular weight is 718 g/mol. The SMILES string of the molecule is CC[C@@H](C)[C@H](Nc1ccc2c(cc1=O)[C@@H](NC(C)=O)CCc1cc(OC)c(OC)c(OC)c1-2)C(=O)N[C@@H](Cc1ccccc1)c1nc2ccccc2[nH]1. The first-order valence-corrected chi connectivity index (χ1v) is 18.0. The maximum atomic E-state index is 14.4. The van der Waals surface area contributed by atoms with E-state index in [9.17, 15) is 14.4 Å². The van der Waals surface area contributed by atoms with Crippen LogP contribution in [0.4, 0.5) is 5.69 Å². The van der Waals surface area contributed by atoms with E-state index in [4.69, 9.17) is 19.2 Å². The van der Waals surface area contributed by atoms with Crippen LogP contribution >= 0.6 is 0 Å². The fourth-order valence-electron chi connectivity index (χ4n) is 7.16. The molecule has 1 aliphatic carbocycles. The number of imidazole rings is 1. The highest BCUT2D eigenvalue weighted by Crippen LogP contribution is 2.50. The zero-order chi connectivity index (χ0) is 37.6. The number of methoxy groups -OCH3 is 3. The van der Waals surface area contributed by atoms with Gasteiger partial charge in [-0.3, -0.25) is 14.4 Å². The molecule has 0 fully saturated rings. The minimum Gasteiger partial charge on any atom is -0.493 e. The smallest absolute Gasteiger partial charge is 0.243 e. The standard InChI is InChI=1S/C42H47N5O6/c1-7-24(2)38(42(50)47-34(21-26-13-9-8-10-14-26)41-45-31-15-11-12-16-32(31)46-41)44-33-20-18-28-29(23-35(33)49)30(43-25(3)48)19-17-27-22-36(51-4)39(52-5)40(53-6)37(27)28/h8-16,18,20,22-24,30,34,38H,7,17,19,21H2,1-6H3,(H,43,48)(H,44,49)(H,45,46)(H,47,50)/t24-,30+,34+,38+/m1/s1. The van der Waals surface area contributed by atoms with Crippen molar-refractivity contribution in [2.45, 2.75) is 64.6 Å². The third-order valence-corrected chi connectivity index (χ3v) is 10.1. The van der Waals surface area contributed by atoms with Gasteiger partial charge in [-0.05, 0) is 77.8 Å². The first kappa shape index (κ1) is 36.9. The number of rotatable bonds is 13. The van der Waals surface area contributed by atoms with E-state index in [-0.39, 0.29) is 28.8 Å². The number of amides is 2. The monoisotopic (exact) mass is 717 g/mol. The number of para-hydroxylation sites is 2. The number of anilines is 1. The van der Waals surface area contributed by atoms with Crippen LogP contribution < -0.4 is 35.6 Å². The molecule has 1 aliphatic rings. The minimum atomic E-state index is -0.755. The zero-order valence-electron chi connectivity index (χ0n) is 31.0. The minimum absolute atomic E-state index is 0.143. The molecule has 0 radical (unpaired) electrons. The summed E-state index contributed by atoms with van der Waals surface area (Å²) < 4.78 is 17.3. The summed E-state index contributed by atoms with van der Waals surface area (Å²) in [6.45, 7) is 5.46. The van der Waals surface area contributed by atoms with Crippen LogP contribution in [0, 0.1) is 5.92 Å². The van der Waals surface area contributed by atoms with Gasteiger partial charge in [0.05, 0.1) is 50.1 Å². The number of fused-ring (bicyclic) bond motifs is 4. The van der Waals surface area contributed by atoms with E-state index >= 15 is 0 Å². The number of nitrogens with zero attached hydrogens (tertiary/aromatic N) is 1. The van der Waals surface area contributed by atoms with Crippen molar-refractivity contribution in [3.63, 3.8) is 0 Å². The third-order valence-electron chi connectivity index (χ3n) is 10.1. The quantitative estimate of drug-likeness (QED) is 0.106. The summed E-state index contributed by atoms with van der Waals surface area (Å²) >= 11 is 0. The van der Waals surface area contributed by atoms with E-state index in [1.165, 1.54) is 6.92 Å². The molecule has 1 aromatic heterocycles. The summed E-state index contributed by atoms with van der Waals surface area (Å²) in [5, 5.41) is 9.64. The second kappa shape index (κ2) is 16.2. The highest BCUT2D eigenvalue weighted by Gasteiger charge is 2.31. The van der Waals surface area contributed by atoms with Crippen molar-refractivity contribution in [1.82, 2.24) is 20.6 Å². The molecule has 0 unspecified atom stereocenters. The van der Waals surface area contributed by atoms with Crippen LogP contribution in [0.2, 0.25) is 0 Å². The molecule has 11 heteroatoms. The van der Waals surface area contributed by atoms with Crippen molar-refractivity contribution >= 4 is 28.5 Å². The topological polar surface area (TPSA) is 144 Å². The van der Waals surface area contributed by atoms with Crippen LogP contribution in [0.3, 0.4) is 0 Å². The zero-order valence-corrected chi connectivity index (χ0v) is 31.0. The van der Waals surface area contributed by atoms with Gasteiger partial charge >= 0.3 is 0 Å². The number of H-pyrrole nitrogens is 1. The fourth-order valence-corrected chi connectivity index (χ4v) is 7.16. The van der Waals surface area contributed by atoms with E-state index in [1.807, 2.05) is 80.6 Å². The Balaban J connectivity index is 1.41. The Kier molecular flexibility index (Phi) is 11.3. The summed E-state index contributed by atoms with van der Waals surface area (Å²) in [6, 6.07) is 23.1. The Bertz CT molecular complexity index is 2130. The van der Waals surface area contributed by atoms with Gasteiger partial charge in [0.25, 0.3) is 0 Å². The Morgan fingerprint density at radius 2 is 1.68 bits per heavy atom. The van der Waals surface area contributed by atoms with Gasteiger partial charge in [-0.1, -0.05) is 68.8 Å². The summed E-state index contributed by atoms with van der Waals surface area (Å²) in [6.07, 6.45) is 2.31. The van der Waals surface area contributed by atoms with E-state index in [0.717, 1.165) is 27.7 Å². The van der Waals surface area contributed by atoms with Gasteiger partial charge in [0.1, 0.15) is 11.9 Å². The molecule has 276 valence electrons. The molecule has 1 heterocycles. The number of carbonyl (C=O) groups excluding carboxylic acids is 2. The number of aromatic amines is 1. The lowest BCUT2D eigenvalue weighted by molar-refractivity contribution is -0.123. The van der Waals surface area contributed by atoms with Gasteiger partial charge in [0, 0.05) is 12.5 Å². The molecular formula is C42H47N5O6. The molecule has 4 aromatic carbocycles. The van der Waals surface area contributed by atoms with E-state index in [0.29, 0.717) is 59.9 Å². The number of ether oxygens (including phenoxy) is 3. The van der Waals surface area contributed by atoms with Gasteiger partial charge in [-0.2, -0.15) is 0 Å². The van der Waals surface area contributed by atoms with Crippen LogP contribution in [0.5, 0.6) is 17.2 Å². The highest BCUT2D eigenvalue weighted by molar-refractivity contribution is 5.87. The molecule has 0 saturated heterocycles. The van der Waals surface area contributed by atoms with Crippen LogP contribution in [0.1, 0.15) is 68.2 Å². The number of carbonyl (C=O) groups is 2. The van der Waals surface area contributed by atoms with E-state index in [1.54, 1.807) is 33.5 Å². The molecule has 0 aliphatic heterocycles. The largest absolute Gasteiger partial charge is 0.493 e. The predicted molar refractivity (Wildman–Crippen MR) is 207 cm³/mol. The number of hydrogen-bond acceptors (Lipinski definition) is 8. The normalized spacial score (nSPS) is 15.2. The Hall–Kier alpha value is -5.84. The first-order valence-electron chi connectivity index (χ1n) is 18.0. The fraction of sp³-hybridized carbons (Fsp3) is 0.333. The van der Waals surface area contributed by atoms with Gasteiger partial charge in [-0.15, -0.1) is 0 Å². The second-order valence-corrected chi connectivity index (χ2v) is 13.5. The van der Waals surface area contributed by atoms with Crippen LogP contribution in [0.25, 0.3) is 22.2 Å². The van der Waals surface area contributed by atoms with Gasteiger partial charge < -0.3 is 35.1 Å². The summed E-state index contributed by atoms with van der Waals surface area (Å²) in [5.74, 6) is 1.44. The first-order chi connectivity index (χ1) is 25.6. The predicted octanol–water partition coefficient (Wildman–Crippen LogP) is 6.67. The molecular weight excluding hydrogens is 670 g/mol. The molecule has 0 saturated carbocycles. The molecule has 4 N–H and O–H groups in total. The van der Waals surface area contributed by atoms with E-state index in [2.05, 4.69) is 20.9 Å². The number of aromatic nitrogens is 2. The summed E-state index contributed by atoms with van der Waals surface area (Å²) in [5.41, 5.74) is 5.69. The Morgan fingerprint density at radius 1 is 0.943 bits per heavy atom. The van der Waals surface area contributed by atoms with Gasteiger partial charge in [0.2, 0.25) is 23.0 Å². The molecule has 5 aromatic rings. The number of aryl methyl sites for hydroxylation is 1. The van der Waals surface area contributed by atoms with Crippen LogP contribution in [-0.2, 0) is 22.4 Å². The average Bonchev–Trinajstić information content (AvgIpc) is 3.47. The molecule has 4 atom stereocenters.